The Bertz CT molecular complexity index is 547. The summed E-state index contributed by atoms with van der Waals surface area (Å²) < 4.78 is 2.06. The Hall–Kier alpha value is -1.29. The molecule has 98 valence electrons. The van der Waals surface area contributed by atoms with Crippen LogP contribution in [-0.4, -0.2) is 5.11 Å². The molecule has 0 radical (unpaired) electrons. The molecule has 0 spiro atoms. The van der Waals surface area contributed by atoms with Crippen molar-refractivity contribution in [3.05, 3.63) is 69.9 Å². The summed E-state index contributed by atoms with van der Waals surface area (Å²) in [7, 11) is 0. The Morgan fingerprint density at radius 1 is 1.16 bits per heavy atom. The molecule has 0 saturated heterocycles. The van der Waals surface area contributed by atoms with Crippen molar-refractivity contribution in [2.75, 3.05) is 0 Å². The van der Waals surface area contributed by atoms with Crippen LogP contribution in [0, 0.1) is 0 Å². The Kier molecular flexibility index (Phi) is 5.02. The van der Waals surface area contributed by atoms with Crippen molar-refractivity contribution in [2.24, 2.45) is 0 Å². The van der Waals surface area contributed by atoms with Crippen LogP contribution >= 0.6 is 22.6 Å². The van der Waals surface area contributed by atoms with Gasteiger partial charge in [-0.25, -0.2) is 0 Å². The van der Waals surface area contributed by atoms with E-state index in [-0.39, 0.29) is 0 Å². The molecular formula is C17H17IO. The van der Waals surface area contributed by atoms with E-state index in [2.05, 4.69) is 45.4 Å². The summed E-state index contributed by atoms with van der Waals surface area (Å²) in [5.74, 6) is 0.306. The number of hydrogen-bond donors (Lipinski definition) is 1. The number of aromatic hydroxyl groups is 1. The van der Waals surface area contributed by atoms with Gasteiger partial charge in [0.1, 0.15) is 5.75 Å². The molecule has 0 bridgehead atoms. The number of phenols is 1. The molecule has 1 N–H and O–H groups in total. The monoisotopic (exact) mass is 364 g/mol. The SMILES string of the molecule is C=CC=C1CCCC(/C=C/I)=C1c1ccc(O)cc1. The summed E-state index contributed by atoms with van der Waals surface area (Å²) in [6.45, 7) is 3.81. The van der Waals surface area contributed by atoms with E-state index in [1.165, 1.54) is 23.1 Å². The Labute approximate surface area is 128 Å². The third kappa shape index (κ3) is 3.38. The quantitative estimate of drug-likeness (QED) is 0.713. The molecular weight excluding hydrogens is 347 g/mol. The number of phenolic OH excluding ortho intramolecular Hbond substituents is 1. The predicted octanol–water partition coefficient (Wildman–Crippen LogP) is 5.39. The molecule has 0 atom stereocenters. The number of benzene rings is 1. The molecule has 0 fully saturated rings. The number of hydrogen-bond acceptors (Lipinski definition) is 1. The topological polar surface area (TPSA) is 20.2 Å². The Balaban J connectivity index is 2.57. The third-order valence-electron chi connectivity index (χ3n) is 3.27. The summed E-state index contributed by atoms with van der Waals surface area (Å²) in [4.78, 5) is 0. The molecule has 1 aromatic rings. The number of halogens is 1. The van der Waals surface area contributed by atoms with Crippen LogP contribution in [0.3, 0.4) is 0 Å². The van der Waals surface area contributed by atoms with E-state index in [0.29, 0.717) is 5.75 Å². The average molecular weight is 364 g/mol. The maximum atomic E-state index is 9.43. The van der Waals surface area contributed by atoms with Crippen molar-refractivity contribution in [1.29, 1.82) is 0 Å². The standard InChI is InChI=1S/C17H17IO/c1-2-4-13-5-3-6-14(11-12-18)17(13)15-7-9-16(19)10-8-15/h2,4,7-12,19H,1,3,5-6H2/b12-11+,13-4?. The van der Waals surface area contributed by atoms with Gasteiger partial charge in [-0.2, -0.15) is 0 Å². The van der Waals surface area contributed by atoms with Crippen LogP contribution in [-0.2, 0) is 0 Å². The van der Waals surface area contributed by atoms with Gasteiger partial charge in [0.05, 0.1) is 0 Å². The highest BCUT2D eigenvalue weighted by Crippen LogP contribution is 2.37. The molecule has 2 heteroatoms. The molecule has 0 aliphatic heterocycles. The molecule has 1 aliphatic rings. The van der Waals surface area contributed by atoms with Gasteiger partial charge in [0.25, 0.3) is 0 Å². The first-order chi connectivity index (χ1) is 9.26. The lowest BCUT2D eigenvalue weighted by Crippen LogP contribution is -2.01. The molecule has 1 aliphatic carbocycles. The second-order valence-electron chi connectivity index (χ2n) is 4.52. The largest absolute Gasteiger partial charge is 0.508 e. The van der Waals surface area contributed by atoms with Crippen LogP contribution in [0.15, 0.2) is 64.3 Å². The highest BCUT2D eigenvalue weighted by Gasteiger charge is 2.17. The minimum absolute atomic E-state index is 0.306. The number of rotatable bonds is 3. The maximum absolute atomic E-state index is 9.43. The zero-order chi connectivity index (χ0) is 13.7. The molecule has 2 rings (SSSR count). The molecule has 0 amide bonds. The summed E-state index contributed by atoms with van der Waals surface area (Å²) in [5.41, 5.74) is 5.14. The van der Waals surface area contributed by atoms with Crippen molar-refractivity contribution in [3.8, 4) is 5.75 Å². The molecule has 1 nitrogen and oxygen atoms in total. The van der Waals surface area contributed by atoms with Crippen LogP contribution < -0.4 is 0 Å². The molecule has 1 aromatic carbocycles. The second kappa shape index (κ2) is 6.75. The van der Waals surface area contributed by atoms with Gasteiger partial charge in [0, 0.05) is 0 Å². The van der Waals surface area contributed by atoms with Gasteiger partial charge >= 0.3 is 0 Å². The van der Waals surface area contributed by atoms with E-state index < -0.39 is 0 Å². The maximum Gasteiger partial charge on any atom is 0.115 e. The lowest BCUT2D eigenvalue weighted by Gasteiger charge is -2.22. The fraction of sp³-hybridized carbons (Fsp3) is 0.176. The molecule has 0 aromatic heterocycles. The van der Waals surface area contributed by atoms with E-state index in [4.69, 9.17) is 0 Å². The van der Waals surface area contributed by atoms with E-state index in [1.54, 1.807) is 12.1 Å². The van der Waals surface area contributed by atoms with Crippen molar-refractivity contribution in [3.63, 3.8) is 0 Å². The minimum Gasteiger partial charge on any atom is -0.508 e. The Morgan fingerprint density at radius 2 is 1.89 bits per heavy atom. The first kappa shape index (κ1) is 14.1. The van der Waals surface area contributed by atoms with Gasteiger partial charge in [-0.1, -0.05) is 59.5 Å². The van der Waals surface area contributed by atoms with Gasteiger partial charge in [-0.05, 0) is 57.8 Å². The van der Waals surface area contributed by atoms with E-state index in [0.717, 1.165) is 18.4 Å². The highest BCUT2D eigenvalue weighted by atomic mass is 127. The molecule has 19 heavy (non-hydrogen) atoms. The Morgan fingerprint density at radius 3 is 2.53 bits per heavy atom. The van der Waals surface area contributed by atoms with Crippen molar-refractivity contribution in [1.82, 2.24) is 0 Å². The fourth-order valence-corrected chi connectivity index (χ4v) is 2.91. The second-order valence-corrected chi connectivity index (χ2v) is 5.24. The zero-order valence-electron chi connectivity index (χ0n) is 10.8. The molecule has 0 saturated carbocycles. The van der Waals surface area contributed by atoms with Crippen LogP contribution in [0.5, 0.6) is 5.75 Å². The van der Waals surface area contributed by atoms with Gasteiger partial charge in [-0.15, -0.1) is 0 Å². The van der Waals surface area contributed by atoms with Gasteiger partial charge < -0.3 is 5.11 Å². The summed E-state index contributed by atoms with van der Waals surface area (Å²) in [5, 5.41) is 9.43. The van der Waals surface area contributed by atoms with E-state index in [9.17, 15) is 5.11 Å². The van der Waals surface area contributed by atoms with Crippen LogP contribution in [0.25, 0.3) is 5.57 Å². The number of allylic oxidation sites excluding steroid dienone is 6. The first-order valence-electron chi connectivity index (χ1n) is 6.37. The highest BCUT2D eigenvalue weighted by molar-refractivity contribution is 14.1. The lowest BCUT2D eigenvalue weighted by molar-refractivity contribution is 0.475. The average Bonchev–Trinajstić information content (AvgIpc) is 2.41. The van der Waals surface area contributed by atoms with Crippen molar-refractivity contribution >= 4 is 28.2 Å². The van der Waals surface area contributed by atoms with Crippen molar-refractivity contribution < 1.29 is 5.11 Å². The van der Waals surface area contributed by atoms with Gasteiger partial charge in [0.2, 0.25) is 0 Å². The van der Waals surface area contributed by atoms with Crippen LogP contribution in [0.1, 0.15) is 24.8 Å². The fourth-order valence-electron chi connectivity index (χ4n) is 2.48. The summed E-state index contributed by atoms with van der Waals surface area (Å²) in [6.07, 6.45) is 9.50. The van der Waals surface area contributed by atoms with Crippen LogP contribution in [0.4, 0.5) is 0 Å². The zero-order valence-corrected chi connectivity index (χ0v) is 12.9. The smallest absolute Gasteiger partial charge is 0.115 e. The van der Waals surface area contributed by atoms with E-state index >= 15 is 0 Å². The van der Waals surface area contributed by atoms with Gasteiger partial charge in [0.15, 0.2) is 0 Å². The summed E-state index contributed by atoms with van der Waals surface area (Å²) >= 11 is 2.26. The third-order valence-corrected chi connectivity index (χ3v) is 3.63. The van der Waals surface area contributed by atoms with Gasteiger partial charge in [-0.3, -0.25) is 0 Å². The predicted molar refractivity (Wildman–Crippen MR) is 90.3 cm³/mol. The van der Waals surface area contributed by atoms with Crippen LogP contribution in [0.2, 0.25) is 0 Å². The first-order valence-corrected chi connectivity index (χ1v) is 7.62. The normalized spacial score (nSPS) is 18.3. The lowest BCUT2D eigenvalue weighted by atomic mass is 9.83. The van der Waals surface area contributed by atoms with E-state index in [1.807, 2.05) is 18.2 Å². The van der Waals surface area contributed by atoms with Crippen molar-refractivity contribution in [2.45, 2.75) is 19.3 Å². The molecule has 0 heterocycles. The summed E-state index contributed by atoms with van der Waals surface area (Å²) in [6, 6.07) is 7.45. The molecule has 0 unspecified atom stereocenters. The minimum atomic E-state index is 0.306.